The number of hydrogen-bond acceptors (Lipinski definition) is 4. The van der Waals surface area contributed by atoms with Gasteiger partial charge >= 0.3 is 0 Å². The first-order valence-electron chi connectivity index (χ1n) is 6.13. The fourth-order valence-corrected chi connectivity index (χ4v) is 1.64. The number of benzene rings is 1. The maximum atomic E-state index is 13.2. The monoisotopic (exact) mass is 282 g/mol. The van der Waals surface area contributed by atoms with Crippen molar-refractivity contribution in [3.8, 4) is 0 Å². The molecule has 6 nitrogen and oxygen atoms in total. The predicted molar refractivity (Wildman–Crippen MR) is 73.9 cm³/mol. The molecular formula is C13H19FN4O2. The molecule has 7 heteroatoms. The van der Waals surface area contributed by atoms with Crippen LogP contribution in [0.3, 0.4) is 0 Å². The number of rotatable bonds is 6. The van der Waals surface area contributed by atoms with Gasteiger partial charge < -0.3 is 21.2 Å². The van der Waals surface area contributed by atoms with Gasteiger partial charge in [0, 0.05) is 39.2 Å². The molecule has 4 N–H and O–H groups in total. The lowest BCUT2D eigenvalue weighted by atomic mass is 10.1. The molecule has 0 saturated carbocycles. The van der Waals surface area contributed by atoms with Crippen molar-refractivity contribution >= 4 is 11.7 Å². The van der Waals surface area contributed by atoms with E-state index in [-0.39, 0.29) is 11.7 Å². The van der Waals surface area contributed by atoms with Gasteiger partial charge in [-0.25, -0.2) is 4.39 Å². The molecule has 20 heavy (non-hydrogen) atoms. The van der Waals surface area contributed by atoms with Crippen LogP contribution < -0.4 is 11.1 Å². The van der Waals surface area contributed by atoms with Crippen molar-refractivity contribution in [2.75, 3.05) is 20.6 Å². The van der Waals surface area contributed by atoms with Crippen molar-refractivity contribution in [3.63, 3.8) is 0 Å². The second kappa shape index (κ2) is 7.44. The van der Waals surface area contributed by atoms with Gasteiger partial charge in [-0.15, -0.1) is 0 Å². The Bertz CT molecular complexity index is 503. The highest BCUT2D eigenvalue weighted by molar-refractivity contribution is 5.98. The number of carbonyl (C=O) groups is 1. The third kappa shape index (κ3) is 4.51. The van der Waals surface area contributed by atoms with E-state index in [9.17, 15) is 9.18 Å². The molecule has 0 unspecified atom stereocenters. The number of carbonyl (C=O) groups excluding carboxylic acids is 1. The van der Waals surface area contributed by atoms with Crippen molar-refractivity contribution in [1.29, 1.82) is 0 Å². The van der Waals surface area contributed by atoms with Crippen LogP contribution in [0.5, 0.6) is 0 Å². The van der Waals surface area contributed by atoms with E-state index < -0.39 is 5.82 Å². The van der Waals surface area contributed by atoms with Crippen molar-refractivity contribution in [1.82, 2.24) is 10.2 Å². The van der Waals surface area contributed by atoms with Crippen LogP contribution in [0.2, 0.25) is 0 Å². The molecule has 0 atom stereocenters. The lowest BCUT2D eigenvalue weighted by Crippen LogP contribution is -2.27. The maximum Gasteiger partial charge on any atom is 0.223 e. The van der Waals surface area contributed by atoms with E-state index in [0.29, 0.717) is 30.6 Å². The number of oxime groups is 1. The van der Waals surface area contributed by atoms with E-state index in [4.69, 9.17) is 10.9 Å². The van der Waals surface area contributed by atoms with E-state index in [1.165, 1.54) is 17.0 Å². The first-order valence-corrected chi connectivity index (χ1v) is 6.13. The predicted octanol–water partition coefficient (Wildman–Crippen LogP) is 0.488. The summed E-state index contributed by atoms with van der Waals surface area (Å²) in [4.78, 5) is 12.9. The van der Waals surface area contributed by atoms with Gasteiger partial charge in [0.2, 0.25) is 5.91 Å². The van der Waals surface area contributed by atoms with Crippen LogP contribution in [-0.4, -0.2) is 42.5 Å². The Labute approximate surface area is 117 Å². The number of nitrogens with two attached hydrogens (primary N) is 1. The quantitative estimate of drug-likeness (QED) is 0.233. The van der Waals surface area contributed by atoms with Gasteiger partial charge in [-0.1, -0.05) is 11.2 Å². The highest BCUT2D eigenvalue weighted by atomic mass is 19.1. The number of hydrogen-bond donors (Lipinski definition) is 3. The highest BCUT2D eigenvalue weighted by Gasteiger charge is 2.09. The molecule has 0 bridgehead atoms. The Morgan fingerprint density at radius 3 is 2.80 bits per heavy atom. The Morgan fingerprint density at radius 1 is 1.50 bits per heavy atom. The molecule has 110 valence electrons. The normalized spacial score (nSPS) is 11.4. The number of amides is 1. The van der Waals surface area contributed by atoms with Crippen LogP contribution in [0, 0.1) is 5.82 Å². The van der Waals surface area contributed by atoms with Crippen LogP contribution in [0.4, 0.5) is 4.39 Å². The van der Waals surface area contributed by atoms with Gasteiger partial charge in [0.1, 0.15) is 5.82 Å². The Hall–Kier alpha value is -2.15. The minimum absolute atomic E-state index is 0.0215. The summed E-state index contributed by atoms with van der Waals surface area (Å²) in [6.07, 6.45) is 0.368. The Kier molecular flexibility index (Phi) is 5.92. The Balaban J connectivity index is 2.62. The summed E-state index contributed by atoms with van der Waals surface area (Å²) in [5.74, 6) is -0.586. The summed E-state index contributed by atoms with van der Waals surface area (Å²) in [7, 11) is 3.39. The summed E-state index contributed by atoms with van der Waals surface area (Å²) < 4.78 is 13.2. The first kappa shape index (κ1) is 15.9. The van der Waals surface area contributed by atoms with Gasteiger partial charge in [0.25, 0.3) is 0 Å². The van der Waals surface area contributed by atoms with Crippen LogP contribution >= 0.6 is 0 Å². The zero-order valence-electron chi connectivity index (χ0n) is 11.6. The molecule has 1 rings (SSSR count). The molecule has 0 spiro atoms. The molecular weight excluding hydrogens is 263 g/mol. The van der Waals surface area contributed by atoms with Crippen LogP contribution in [0.25, 0.3) is 0 Å². The molecule has 0 aliphatic heterocycles. The molecule has 0 aliphatic rings. The summed E-state index contributed by atoms with van der Waals surface area (Å²) in [6, 6.07) is 4.07. The molecule has 1 aromatic carbocycles. The smallest absolute Gasteiger partial charge is 0.223 e. The van der Waals surface area contributed by atoms with E-state index in [1.54, 1.807) is 20.2 Å². The van der Waals surface area contributed by atoms with Crippen LogP contribution in [0.15, 0.2) is 23.4 Å². The van der Waals surface area contributed by atoms with Crippen molar-refractivity contribution in [2.24, 2.45) is 10.9 Å². The zero-order chi connectivity index (χ0) is 15.1. The topological polar surface area (TPSA) is 91.0 Å². The number of amidine groups is 1. The number of halogens is 1. The lowest BCUT2D eigenvalue weighted by Gasteiger charge is -2.12. The molecule has 0 fully saturated rings. The molecule has 0 aliphatic carbocycles. The van der Waals surface area contributed by atoms with Gasteiger partial charge in [-0.05, 0) is 17.7 Å². The lowest BCUT2D eigenvalue weighted by molar-refractivity contribution is -0.128. The first-order chi connectivity index (χ1) is 9.45. The molecule has 0 aromatic heterocycles. The van der Waals surface area contributed by atoms with Gasteiger partial charge in [0.15, 0.2) is 5.84 Å². The number of nitrogens with zero attached hydrogens (tertiary/aromatic N) is 2. The Morgan fingerprint density at radius 2 is 2.20 bits per heavy atom. The molecule has 1 aromatic rings. The van der Waals surface area contributed by atoms with Gasteiger partial charge in [0.05, 0.1) is 0 Å². The van der Waals surface area contributed by atoms with Gasteiger partial charge in [-0.3, -0.25) is 4.79 Å². The SMILES string of the molecule is CN(C)C(=O)CCNCc1ccc(F)cc1C(N)=NO. The van der Waals surface area contributed by atoms with E-state index in [0.717, 1.165) is 0 Å². The summed E-state index contributed by atoms with van der Waals surface area (Å²) >= 11 is 0. The standard InChI is InChI=1S/C13H19FN4O2/c1-18(2)12(19)5-6-16-8-9-3-4-10(14)7-11(9)13(15)17-20/h3-4,7,16,20H,5-6,8H2,1-2H3,(H2,15,17). The van der Waals surface area contributed by atoms with E-state index in [1.807, 2.05) is 0 Å². The summed E-state index contributed by atoms with van der Waals surface area (Å²) in [6.45, 7) is 0.885. The zero-order valence-corrected chi connectivity index (χ0v) is 11.6. The highest BCUT2D eigenvalue weighted by Crippen LogP contribution is 2.11. The number of nitrogens with one attached hydrogen (secondary N) is 1. The van der Waals surface area contributed by atoms with Crippen LogP contribution in [-0.2, 0) is 11.3 Å². The average molecular weight is 282 g/mol. The van der Waals surface area contributed by atoms with Crippen molar-refractivity contribution < 1.29 is 14.4 Å². The summed E-state index contributed by atoms with van der Waals surface area (Å²) in [5, 5.41) is 14.6. The third-order valence-electron chi connectivity index (χ3n) is 2.79. The van der Waals surface area contributed by atoms with Crippen molar-refractivity contribution in [3.05, 3.63) is 35.1 Å². The second-order valence-corrected chi connectivity index (χ2v) is 4.50. The van der Waals surface area contributed by atoms with E-state index in [2.05, 4.69) is 10.5 Å². The minimum Gasteiger partial charge on any atom is -0.409 e. The van der Waals surface area contributed by atoms with Gasteiger partial charge in [-0.2, -0.15) is 0 Å². The molecule has 1 amide bonds. The van der Waals surface area contributed by atoms with Crippen LogP contribution in [0.1, 0.15) is 17.5 Å². The third-order valence-corrected chi connectivity index (χ3v) is 2.79. The molecule has 0 saturated heterocycles. The minimum atomic E-state index is -0.460. The van der Waals surface area contributed by atoms with Crippen molar-refractivity contribution in [2.45, 2.75) is 13.0 Å². The second-order valence-electron chi connectivity index (χ2n) is 4.50. The molecule has 0 radical (unpaired) electrons. The van der Waals surface area contributed by atoms with E-state index >= 15 is 0 Å². The fourth-order valence-electron chi connectivity index (χ4n) is 1.64. The average Bonchev–Trinajstić information content (AvgIpc) is 2.43. The fraction of sp³-hybridized carbons (Fsp3) is 0.385. The largest absolute Gasteiger partial charge is 0.409 e. The maximum absolute atomic E-state index is 13.2. The summed E-state index contributed by atoms with van der Waals surface area (Å²) in [5.41, 5.74) is 6.53. The molecule has 0 heterocycles.